The van der Waals surface area contributed by atoms with E-state index < -0.39 is 0 Å². The zero-order chi connectivity index (χ0) is 18.5. The SMILES string of the molecule is COc1ccc(C)cc1NC(=O)N1CCCCCC1c1ccc(Cl)cc1. The first kappa shape index (κ1) is 18.6. The highest BCUT2D eigenvalue weighted by Gasteiger charge is 2.27. The van der Waals surface area contributed by atoms with E-state index in [1.54, 1.807) is 7.11 Å². The molecule has 0 spiro atoms. The number of likely N-dealkylation sites (tertiary alicyclic amines) is 1. The summed E-state index contributed by atoms with van der Waals surface area (Å²) >= 11 is 6.03. The lowest BCUT2D eigenvalue weighted by Gasteiger charge is -2.31. The van der Waals surface area contributed by atoms with Crippen molar-refractivity contribution < 1.29 is 9.53 Å². The second-order valence-corrected chi connectivity index (χ2v) is 7.18. The van der Waals surface area contributed by atoms with Crippen LogP contribution < -0.4 is 10.1 Å². The van der Waals surface area contributed by atoms with Gasteiger partial charge in [-0.3, -0.25) is 0 Å². The molecule has 0 bridgehead atoms. The van der Waals surface area contributed by atoms with Crippen LogP contribution in [-0.2, 0) is 0 Å². The average molecular weight is 373 g/mol. The van der Waals surface area contributed by atoms with Gasteiger partial charge < -0.3 is 15.0 Å². The van der Waals surface area contributed by atoms with Crippen LogP contribution in [0.1, 0.15) is 42.9 Å². The number of hydrogen-bond acceptors (Lipinski definition) is 2. The van der Waals surface area contributed by atoms with Gasteiger partial charge in [0.15, 0.2) is 0 Å². The molecule has 1 aliphatic heterocycles. The van der Waals surface area contributed by atoms with Gasteiger partial charge in [-0.1, -0.05) is 42.6 Å². The maximum Gasteiger partial charge on any atom is 0.322 e. The van der Waals surface area contributed by atoms with Gasteiger partial charge in [0.1, 0.15) is 5.75 Å². The van der Waals surface area contributed by atoms with E-state index in [0.29, 0.717) is 16.5 Å². The number of halogens is 1. The number of anilines is 1. The maximum absolute atomic E-state index is 13.1. The van der Waals surface area contributed by atoms with Crippen molar-refractivity contribution in [3.8, 4) is 5.75 Å². The van der Waals surface area contributed by atoms with Crippen molar-refractivity contribution in [3.63, 3.8) is 0 Å². The molecule has 1 unspecified atom stereocenters. The van der Waals surface area contributed by atoms with Gasteiger partial charge in [-0.2, -0.15) is 0 Å². The van der Waals surface area contributed by atoms with Gasteiger partial charge in [0.05, 0.1) is 18.8 Å². The van der Waals surface area contributed by atoms with Crippen molar-refractivity contribution in [2.24, 2.45) is 0 Å². The van der Waals surface area contributed by atoms with Gasteiger partial charge in [-0.25, -0.2) is 4.79 Å². The van der Waals surface area contributed by atoms with Gasteiger partial charge in [-0.05, 0) is 55.2 Å². The Labute approximate surface area is 160 Å². The number of hydrogen-bond donors (Lipinski definition) is 1. The average Bonchev–Trinajstić information content (AvgIpc) is 2.89. The summed E-state index contributed by atoms with van der Waals surface area (Å²) in [6.45, 7) is 2.74. The number of carbonyl (C=O) groups excluding carboxylic acids is 1. The molecule has 5 heteroatoms. The van der Waals surface area contributed by atoms with Crippen LogP contribution in [0.15, 0.2) is 42.5 Å². The Balaban J connectivity index is 1.85. The van der Waals surface area contributed by atoms with E-state index in [4.69, 9.17) is 16.3 Å². The molecule has 3 rings (SSSR count). The van der Waals surface area contributed by atoms with Gasteiger partial charge in [0, 0.05) is 11.6 Å². The summed E-state index contributed by atoms with van der Waals surface area (Å²) in [5.41, 5.74) is 2.91. The molecule has 4 nitrogen and oxygen atoms in total. The Morgan fingerprint density at radius 1 is 1.15 bits per heavy atom. The van der Waals surface area contributed by atoms with E-state index in [1.165, 1.54) is 0 Å². The molecule has 1 N–H and O–H groups in total. The van der Waals surface area contributed by atoms with Gasteiger partial charge in [0.2, 0.25) is 0 Å². The fourth-order valence-corrected chi connectivity index (χ4v) is 3.62. The highest BCUT2D eigenvalue weighted by Crippen LogP contribution is 2.32. The molecule has 2 aromatic carbocycles. The molecule has 138 valence electrons. The minimum atomic E-state index is -0.0873. The largest absolute Gasteiger partial charge is 0.495 e. The van der Waals surface area contributed by atoms with E-state index in [0.717, 1.165) is 43.4 Å². The highest BCUT2D eigenvalue weighted by molar-refractivity contribution is 6.30. The topological polar surface area (TPSA) is 41.6 Å². The van der Waals surface area contributed by atoms with Gasteiger partial charge >= 0.3 is 6.03 Å². The molecular formula is C21H25ClN2O2. The third-order valence-electron chi connectivity index (χ3n) is 4.87. The predicted octanol–water partition coefficient (Wildman–Crippen LogP) is 5.81. The van der Waals surface area contributed by atoms with Crippen molar-refractivity contribution >= 4 is 23.3 Å². The number of amides is 2. The first-order valence-electron chi connectivity index (χ1n) is 9.06. The lowest BCUT2D eigenvalue weighted by molar-refractivity contribution is 0.189. The summed E-state index contributed by atoms with van der Waals surface area (Å²) in [7, 11) is 1.61. The second kappa shape index (κ2) is 8.45. The van der Waals surface area contributed by atoms with E-state index >= 15 is 0 Å². The lowest BCUT2D eigenvalue weighted by Crippen LogP contribution is -2.38. The maximum atomic E-state index is 13.1. The number of urea groups is 1. The number of nitrogens with zero attached hydrogens (tertiary/aromatic N) is 1. The normalized spacial score (nSPS) is 17.5. The summed E-state index contributed by atoms with van der Waals surface area (Å²) in [6, 6.07) is 13.6. The van der Waals surface area contributed by atoms with Crippen LogP contribution in [0.5, 0.6) is 5.75 Å². The fraction of sp³-hybridized carbons (Fsp3) is 0.381. The Kier molecular flexibility index (Phi) is 6.04. The number of nitrogens with one attached hydrogen (secondary N) is 1. The smallest absolute Gasteiger partial charge is 0.322 e. The first-order valence-corrected chi connectivity index (χ1v) is 9.44. The molecule has 2 amide bonds. The molecule has 0 radical (unpaired) electrons. The van der Waals surface area contributed by atoms with E-state index in [9.17, 15) is 4.79 Å². The summed E-state index contributed by atoms with van der Waals surface area (Å²) < 4.78 is 5.39. The lowest BCUT2D eigenvalue weighted by atomic mass is 10.0. The van der Waals surface area contributed by atoms with Crippen molar-refractivity contribution in [2.75, 3.05) is 19.0 Å². The third kappa shape index (κ3) is 4.31. The van der Waals surface area contributed by atoms with Crippen LogP contribution >= 0.6 is 11.6 Å². The van der Waals surface area contributed by atoms with Gasteiger partial charge in [-0.15, -0.1) is 0 Å². The summed E-state index contributed by atoms with van der Waals surface area (Å²) in [4.78, 5) is 15.0. The van der Waals surface area contributed by atoms with Crippen molar-refractivity contribution in [1.82, 2.24) is 4.90 Å². The van der Waals surface area contributed by atoms with Crippen LogP contribution in [-0.4, -0.2) is 24.6 Å². The Bertz CT molecular complexity index is 761. The molecule has 1 atom stereocenters. The number of ether oxygens (including phenoxy) is 1. The third-order valence-corrected chi connectivity index (χ3v) is 5.12. The van der Waals surface area contributed by atoms with E-state index in [1.807, 2.05) is 54.3 Å². The standard InChI is InChI=1S/C21H25ClN2O2/c1-15-7-12-20(26-2)18(14-15)23-21(25)24-13-5-3-4-6-19(24)16-8-10-17(22)11-9-16/h7-12,14,19H,3-6,13H2,1-2H3,(H,23,25). The molecule has 2 aromatic rings. The molecule has 0 saturated carbocycles. The summed E-state index contributed by atoms with van der Waals surface area (Å²) in [5, 5.41) is 3.76. The van der Waals surface area contributed by atoms with Crippen molar-refractivity contribution in [3.05, 3.63) is 58.6 Å². The van der Waals surface area contributed by atoms with E-state index in [2.05, 4.69) is 5.32 Å². The minimum absolute atomic E-state index is 0.0607. The van der Waals surface area contributed by atoms with Crippen LogP contribution in [0.4, 0.5) is 10.5 Å². The Morgan fingerprint density at radius 2 is 1.92 bits per heavy atom. The van der Waals surface area contributed by atoms with Gasteiger partial charge in [0.25, 0.3) is 0 Å². The number of methoxy groups -OCH3 is 1. The molecule has 26 heavy (non-hydrogen) atoms. The van der Waals surface area contributed by atoms with Crippen molar-refractivity contribution in [1.29, 1.82) is 0 Å². The Morgan fingerprint density at radius 3 is 2.65 bits per heavy atom. The minimum Gasteiger partial charge on any atom is -0.495 e. The molecule has 1 fully saturated rings. The van der Waals surface area contributed by atoms with Crippen molar-refractivity contribution in [2.45, 2.75) is 38.6 Å². The highest BCUT2D eigenvalue weighted by atomic mass is 35.5. The molecule has 1 aliphatic rings. The molecule has 0 aliphatic carbocycles. The van der Waals surface area contributed by atoms with E-state index in [-0.39, 0.29) is 12.1 Å². The fourth-order valence-electron chi connectivity index (χ4n) is 3.49. The predicted molar refractivity (Wildman–Crippen MR) is 106 cm³/mol. The zero-order valence-electron chi connectivity index (χ0n) is 15.3. The quantitative estimate of drug-likeness (QED) is 0.739. The molecule has 1 saturated heterocycles. The molecule has 0 aromatic heterocycles. The first-order chi connectivity index (χ1) is 12.6. The zero-order valence-corrected chi connectivity index (χ0v) is 16.1. The van der Waals surface area contributed by atoms with Crippen LogP contribution in [0.25, 0.3) is 0 Å². The second-order valence-electron chi connectivity index (χ2n) is 6.74. The Hall–Kier alpha value is -2.20. The number of benzene rings is 2. The number of carbonyl (C=O) groups is 1. The molecule has 1 heterocycles. The molecular weight excluding hydrogens is 348 g/mol. The monoisotopic (exact) mass is 372 g/mol. The number of rotatable bonds is 3. The summed E-state index contributed by atoms with van der Waals surface area (Å²) in [6.07, 6.45) is 4.23. The van der Waals surface area contributed by atoms with Crippen LogP contribution in [0, 0.1) is 6.92 Å². The summed E-state index contributed by atoms with van der Waals surface area (Å²) in [5.74, 6) is 0.668. The van der Waals surface area contributed by atoms with Crippen LogP contribution in [0.3, 0.4) is 0 Å². The van der Waals surface area contributed by atoms with Crippen LogP contribution in [0.2, 0.25) is 5.02 Å². The number of aryl methyl sites for hydroxylation is 1.